The number of furan rings is 1. The number of halogens is 1. The van der Waals surface area contributed by atoms with Gasteiger partial charge >= 0.3 is 0 Å². The maximum atomic E-state index is 11.9. The van der Waals surface area contributed by atoms with Gasteiger partial charge < -0.3 is 4.42 Å². The summed E-state index contributed by atoms with van der Waals surface area (Å²) >= 11 is 12.2. The van der Waals surface area contributed by atoms with Gasteiger partial charge in [-0.05, 0) is 36.4 Å². The molecule has 1 aliphatic heterocycles. The van der Waals surface area contributed by atoms with Gasteiger partial charge in [-0.2, -0.15) is 0 Å². The van der Waals surface area contributed by atoms with E-state index < -0.39 is 0 Å². The molecule has 1 fully saturated rings. The fourth-order valence-electron chi connectivity index (χ4n) is 1.87. The third-order valence-electron chi connectivity index (χ3n) is 3.02. The molecule has 6 heteroatoms. The van der Waals surface area contributed by atoms with Gasteiger partial charge in [0, 0.05) is 23.7 Å². The van der Waals surface area contributed by atoms with E-state index in [0.29, 0.717) is 20.0 Å². The molecular weight excluding hydrogens is 326 g/mol. The second-order valence-corrected chi connectivity index (χ2v) is 6.56. The Balaban J connectivity index is 1.87. The maximum absolute atomic E-state index is 11.9. The molecule has 1 saturated heterocycles. The van der Waals surface area contributed by atoms with Gasteiger partial charge in [-0.3, -0.25) is 9.69 Å². The molecule has 106 valence electrons. The highest BCUT2D eigenvalue weighted by molar-refractivity contribution is 8.26. The second kappa shape index (κ2) is 5.67. The van der Waals surface area contributed by atoms with Crippen LogP contribution in [0.4, 0.5) is 0 Å². The van der Waals surface area contributed by atoms with Crippen LogP contribution in [0.25, 0.3) is 17.4 Å². The molecule has 0 saturated carbocycles. The van der Waals surface area contributed by atoms with Crippen LogP contribution >= 0.6 is 35.6 Å². The van der Waals surface area contributed by atoms with Gasteiger partial charge in [0.2, 0.25) is 0 Å². The van der Waals surface area contributed by atoms with E-state index in [2.05, 4.69) is 0 Å². The van der Waals surface area contributed by atoms with Crippen LogP contribution in [0.3, 0.4) is 0 Å². The van der Waals surface area contributed by atoms with Crippen molar-refractivity contribution in [1.29, 1.82) is 0 Å². The number of likely N-dealkylation sites (N-methyl/N-ethyl adjacent to an activating group) is 1. The van der Waals surface area contributed by atoms with Crippen LogP contribution in [0.2, 0.25) is 5.02 Å². The molecule has 1 aliphatic rings. The minimum absolute atomic E-state index is 0.102. The van der Waals surface area contributed by atoms with E-state index in [1.165, 1.54) is 16.7 Å². The Morgan fingerprint density at radius 1 is 1.24 bits per heavy atom. The first-order valence-electron chi connectivity index (χ1n) is 6.12. The van der Waals surface area contributed by atoms with E-state index in [4.69, 9.17) is 28.2 Å². The largest absolute Gasteiger partial charge is 0.457 e. The van der Waals surface area contributed by atoms with Crippen molar-refractivity contribution in [2.45, 2.75) is 0 Å². The van der Waals surface area contributed by atoms with Gasteiger partial charge in [0.25, 0.3) is 5.91 Å². The highest BCUT2D eigenvalue weighted by Crippen LogP contribution is 2.32. The Bertz CT molecular complexity index is 749. The summed E-state index contributed by atoms with van der Waals surface area (Å²) in [5.74, 6) is 1.24. The van der Waals surface area contributed by atoms with Crippen molar-refractivity contribution < 1.29 is 9.21 Å². The molecule has 1 aromatic heterocycles. The lowest BCUT2D eigenvalue weighted by atomic mass is 10.2. The van der Waals surface area contributed by atoms with Crippen LogP contribution in [-0.2, 0) is 4.79 Å². The number of thioether (sulfide) groups is 1. The monoisotopic (exact) mass is 335 g/mol. The number of hydrogen-bond donors (Lipinski definition) is 0. The van der Waals surface area contributed by atoms with Gasteiger partial charge in [-0.25, -0.2) is 0 Å². The maximum Gasteiger partial charge on any atom is 0.266 e. The molecule has 0 unspecified atom stereocenters. The molecule has 0 aliphatic carbocycles. The van der Waals surface area contributed by atoms with Crippen molar-refractivity contribution in [1.82, 2.24) is 4.90 Å². The number of thiocarbonyl (C=S) groups is 1. The number of nitrogens with zero attached hydrogens (tertiary/aromatic N) is 1. The van der Waals surface area contributed by atoms with Crippen molar-refractivity contribution in [2.75, 3.05) is 7.05 Å². The second-order valence-electron chi connectivity index (χ2n) is 4.45. The van der Waals surface area contributed by atoms with E-state index in [1.54, 1.807) is 25.3 Å². The Kier molecular flexibility index (Phi) is 3.89. The zero-order valence-electron chi connectivity index (χ0n) is 11.0. The smallest absolute Gasteiger partial charge is 0.266 e. The minimum atomic E-state index is -0.102. The Morgan fingerprint density at radius 2 is 1.95 bits per heavy atom. The molecule has 2 aromatic rings. The third kappa shape index (κ3) is 2.90. The van der Waals surface area contributed by atoms with E-state index in [1.807, 2.05) is 24.3 Å². The fraction of sp³-hybridized carbons (Fsp3) is 0.0667. The average molecular weight is 336 g/mol. The molecule has 3 nitrogen and oxygen atoms in total. The highest BCUT2D eigenvalue weighted by atomic mass is 35.5. The predicted molar refractivity (Wildman–Crippen MR) is 90.1 cm³/mol. The van der Waals surface area contributed by atoms with Crippen LogP contribution in [0.5, 0.6) is 0 Å². The standard InChI is InChI=1S/C15H10ClNO2S2/c1-17-14(18)13(21-15(17)20)8-11-6-7-12(19-11)9-2-4-10(16)5-3-9/h2-8H,1H3. The number of rotatable bonds is 2. The Hall–Kier alpha value is -1.56. The zero-order chi connectivity index (χ0) is 15.0. The summed E-state index contributed by atoms with van der Waals surface area (Å²) in [4.78, 5) is 13.9. The van der Waals surface area contributed by atoms with Crippen LogP contribution in [-0.4, -0.2) is 22.2 Å². The average Bonchev–Trinajstić information content (AvgIpc) is 3.02. The van der Waals surface area contributed by atoms with Crippen molar-refractivity contribution in [2.24, 2.45) is 0 Å². The number of carbonyl (C=O) groups excluding carboxylic acids is 1. The first-order chi connectivity index (χ1) is 10.0. The van der Waals surface area contributed by atoms with E-state index in [0.717, 1.165) is 11.3 Å². The van der Waals surface area contributed by atoms with Crippen molar-refractivity contribution in [3.05, 3.63) is 52.1 Å². The first kappa shape index (κ1) is 14.4. The van der Waals surface area contributed by atoms with Crippen molar-refractivity contribution >= 4 is 51.9 Å². The molecule has 2 heterocycles. The minimum Gasteiger partial charge on any atom is -0.457 e. The SMILES string of the molecule is CN1C(=O)C(=Cc2ccc(-c3ccc(Cl)cc3)o2)SC1=S. The van der Waals surface area contributed by atoms with Gasteiger partial charge in [0.05, 0.1) is 4.91 Å². The van der Waals surface area contributed by atoms with E-state index >= 15 is 0 Å². The van der Waals surface area contributed by atoms with E-state index in [-0.39, 0.29) is 5.91 Å². The van der Waals surface area contributed by atoms with Gasteiger partial charge in [0.15, 0.2) is 0 Å². The Labute approximate surface area is 136 Å². The summed E-state index contributed by atoms with van der Waals surface area (Å²) in [5, 5.41) is 0.678. The lowest BCUT2D eigenvalue weighted by molar-refractivity contribution is -0.121. The van der Waals surface area contributed by atoms with Gasteiger partial charge in [-0.15, -0.1) is 0 Å². The van der Waals surface area contributed by atoms with Gasteiger partial charge in [-0.1, -0.05) is 35.6 Å². The first-order valence-corrected chi connectivity index (χ1v) is 7.72. The summed E-state index contributed by atoms with van der Waals surface area (Å²) in [6.07, 6.45) is 1.71. The van der Waals surface area contributed by atoms with Crippen LogP contribution in [0.15, 0.2) is 45.7 Å². The normalized spacial score (nSPS) is 17.0. The molecule has 3 rings (SSSR count). The van der Waals surface area contributed by atoms with Crippen molar-refractivity contribution in [3.63, 3.8) is 0 Å². The number of hydrogen-bond acceptors (Lipinski definition) is 4. The number of amides is 1. The molecule has 1 aromatic carbocycles. The molecule has 1 amide bonds. The summed E-state index contributed by atoms with van der Waals surface area (Å²) in [5.41, 5.74) is 0.932. The molecular formula is C15H10ClNO2S2. The zero-order valence-corrected chi connectivity index (χ0v) is 13.4. The summed E-state index contributed by atoms with van der Waals surface area (Å²) in [7, 11) is 1.67. The van der Waals surface area contributed by atoms with E-state index in [9.17, 15) is 4.79 Å². The molecule has 0 spiro atoms. The Morgan fingerprint density at radius 3 is 2.57 bits per heavy atom. The quantitative estimate of drug-likeness (QED) is 0.600. The summed E-state index contributed by atoms with van der Waals surface area (Å²) < 4.78 is 6.30. The third-order valence-corrected chi connectivity index (χ3v) is 4.75. The topological polar surface area (TPSA) is 33.5 Å². The molecule has 0 bridgehead atoms. The number of benzene rings is 1. The van der Waals surface area contributed by atoms with Crippen LogP contribution in [0, 0.1) is 0 Å². The molecule has 0 N–H and O–H groups in total. The van der Waals surface area contributed by atoms with Crippen molar-refractivity contribution in [3.8, 4) is 11.3 Å². The molecule has 0 atom stereocenters. The number of carbonyl (C=O) groups is 1. The van der Waals surface area contributed by atoms with Crippen LogP contribution in [0.1, 0.15) is 5.76 Å². The highest BCUT2D eigenvalue weighted by Gasteiger charge is 2.28. The summed E-state index contributed by atoms with van der Waals surface area (Å²) in [6, 6.07) is 11.1. The fourth-order valence-corrected chi connectivity index (χ4v) is 3.16. The van der Waals surface area contributed by atoms with Gasteiger partial charge in [0.1, 0.15) is 15.8 Å². The molecule has 0 radical (unpaired) electrons. The predicted octanol–water partition coefficient (Wildman–Crippen LogP) is 4.43. The lowest BCUT2D eigenvalue weighted by Crippen LogP contribution is -2.22. The summed E-state index contributed by atoms with van der Waals surface area (Å²) in [6.45, 7) is 0. The lowest BCUT2D eigenvalue weighted by Gasteiger charge is -2.03. The molecule has 21 heavy (non-hydrogen) atoms. The van der Waals surface area contributed by atoms with Crippen LogP contribution < -0.4 is 0 Å².